The Hall–Kier alpha value is -2.42. The first-order valence-electron chi connectivity index (χ1n) is 8.65. The van der Waals surface area contributed by atoms with Gasteiger partial charge in [0, 0.05) is 5.39 Å². The first kappa shape index (κ1) is 18.9. The highest BCUT2D eigenvalue weighted by atomic mass is 79.9. The van der Waals surface area contributed by atoms with E-state index < -0.39 is 17.8 Å². The zero-order valence-electron chi connectivity index (χ0n) is 15.1. The molecule has 3 heterocycles. The summed E-state index contributed by atoms with van der Waals surface area (Å²) in [5.74, 6) is 0. The molecule has 0 amide bonds. The van der Waals surface area contributed by atoms with Crippen molar-refractivity contribution >= 4 is 26.8 Å². The zero-order valence-corrected chi connectivity index (χ0v) is 16.7. The summed E-state index contributed by atoms with van der Waals surface area (Å²) in [7, 11) is 0. The topological polar surface area (TPSA) is 52.3 Å². The fourth-order valence-corrected chi connectivity index (χ4v) is 3.78. The van der Waals surface area contributed by atoms with Crippen molar-refractivity contribution in [2.75, 3.05) is 6.61 Å². The monoisotopic (exact) mass is 452 g/mol. The molecule has 0 radical (unpaired) electrons. The van der Waals surface area contributed by atoms with Crippen LogP contribution in [-0.4, -0.2) is 21.1 Å². The van der Waals surface area contributed by atoms with Gasteiger partial charge in [0.15, 0.2) is 5.49 Å². The lowest BCUT2D eigenvalue weighted by Crippen LogP contribution is -2.16. The zero-order chi connectivity index (χ0) is 20.1. The van der Waals surface area contributed by atoms with E-state index in [2.05, 4.69) is 30.9 Å². The van der Waals surface area contributed by atoms with Crippen LogP contribution in [0.5, 0.6) is 6.01 Å². The first-order chi connectivity index (χ1) is 13.3. The number of benzene rings is 1. The van der Waals surface area contributed by atoms with E-state index >= 15 is 0 Å². The highest BCUT2D eigenvalue weighted by Crippen LogP contribution is 2.35. The third kappa shape index (κ3) is 3.28. The van der Waals surface area contributed by atoms with Gasteiger partial charge in [0.1, 0.15) is 11.2 Å². The average molecular weight is 453 g/mol. The van der Waals surface area contributed by atoms with Crippen LogP contribution in [0.15, 0.2) is 40.1 Å². The Morgan fingerprint density at radius 3 is 2.86 bits per heavy atom. The number of fused-ring (bicyclic) bond motifs is 3. The summed E-state index contributed by atoms with van der Waals surface area (Å²) in [4.78, 5) is 13.4. The van der Waals surface area contributed by atoms with Crippen molar-refractivity contribution < 1.29 is 17.9 Å². The molecule has 0 spiro atoms. The van der Waals surface area contributed by atoms with E-state index in [1.54, 1.807) is 25.3 Å². The van der Waals surface area contributed by atoms with Gasteiger partial charge in [-0.15, -0.1) is 0 Å². The largest absolute Gasteiger partial charge is 0.463 e. The Morgan fingerprint density at radius 2 is 2.11 bits per heavy atom. The summed E-state index contributed by atoms with van der Waals surface area (Å²) < 4.78 is 47.8. The number of hydrogen-bond acceptors (Lipinski definition) is 4. The van der Waals surface area contributed by atoms with E-state index in [1.807, 2.05) is 4.57 Å². The molecule has 0 N–H and O–H groups in total. The second-order valence-corrected chi connectivity index (χ2v) is 7.38. The molecule has 9 heteroatoms. The van der Waals surface area contributed by atoms with Crippen LogP contribution < -0.4 is 10.2 Å². The number of ether oxygens (including phenoxy) is 1. The first-order valence-corrected chi connectivity index (χ1v) is 9.44. The molecule has 0 unspecified atom stereocenters. The molecule has 1 atom stereocenters. The third-order valence-electron chi connectivity index (χ3n) is 4.81. The van der Waals surface area contributed by atoms with Crippen molar-refractivity contribution in [3.63, 3.8) is 0 Å². The molecule has 1 aromatic carbocycles. The highest BCUT2D eigenvalue weighted by molar-refractivity contribution is 9.10. The van der Waals surface area contributed by atoms with Crippen molar-refractivity contribution in [1.82, 2.24) is 14.5 Å². The number of aromatic nitrogens is 3. The molecule has 0 aliphatic carbocycles. The molecule has 0 saturated carbocycles. The predicted octanol–water partition coefficient (Wildman–Crippen LogP) is 4.58. The number of alkyl halides is 3. The molecule has 0 saturated heterocycles. The van der Waals surface area contributed by atoms with Crippen molar-refractivity contribution in [3.05, 3.63) is 57.2 Å². The van der Waals surface area contributed by atoms with Crippen LogP contribution in [0, 0.1) is 6.92 Å². The molecular formula is C19H16BrF3N4O. The van der Waals surface area contributed by atoms with Crippen LogP contribution in [0.4, 0.5) is 13.2 Å². The summed E-state index contributed by atoms with van der Waals surface area (Å²) >= 11 is 3.36. The number of pyridine rings is 1. The number of hydrogen-bond donors (Lipinski definition) is 0. The molecule has 0 fully saturated rings. The Labute approximate surface area is 167 Å². The number of halogens is 4. The van der Waals surface area contributed by atoms with Gasteiger partial charge in [-0.25, -0.2) is 4.98 Å². The van der Waals surface area contributed by atoms with Crippen LogP contribution in [0.2, 0.25) is 0 Å². The maximum atomic E-state index is 13.2. The molecule has 1 aliphatic heterocycles. The van der Waals surface area contributed by atoms with Crippen LogP contribution >= 0.6 is 15.9 Å². The van der Waals surface area contributed by atoms with Gasteiger partial charge in [0.05, 0.1) is 29.9 Å². The van der Waals surface area contributed by atoms with E-state index in [0.29, 0.717) is 34.8 Å². The standard InChI is InChI=1S/C19H16BrF3N4O/c1-10-12(4-3-5-14(10)19(21,22)23)11(2)25-17-13-8-16(20)24-9-15(13)27-6-7-28-18(27)26-17/h3-5,8-9,11H,6-7H2,1-2H3/t11-/m1/s1. The predicted molar refractivity (Wildman–Crippen MR) is 101 cm³/mol. The molecule has 2 aromatic heterocycles. The summed E-state index contributed by atoms with van der Waals surface area (Å²) in [6, 6.07) is 5.88. The normalized spacial score (nSPS) is 15.6. The summed E-state index contributed by atoms with van der Waals surface area (Å²) in [6.45, 7) is 4.39. The third-order valence-corrected chi connectivity index (χ3v) is 5.24. The average Bonchev–Trinajstić information content (AvgIpc) is 3.09. The highest BCUT2D eigenvalue weighted by Gasteiger charge is 2.33. The lowest BCUT2D eigenvalue weighted by atomic mass is 9.97. The van der Waals surface area contributed by atoms with Crippen molar-refractivity contribution in [2.24, 2.45) is 4.99 Å². The Bertz CT molecular complexity index is 1140. The minimum absolute atomic E-state index is 0.171. The molecule has 1 aliphatic rings. The van der Waals surface area contributed by atoms with Gasteiger partial charge in [-0.05, 0) is 53.0 Å². The van der Waals surface area contributed by atoms with Crippen LogP contribution in [0.1, 0.15) is 29.7 Å². The Kier molecular flexibility index (Phi) is 4.65. The van der Waals surface area contributed by atoms with Crippen molar-refractivity contribution in [2.45, 2.75) is 32.6 Å². The van der Waals surface area contributed by atoms with Gasteiger partial charge in [0.25, 0.3) is 6.01 Å². The molecule has 28 heavy (non-hydrogen) atoms. The van der Waals surface area contributed by atoms with Gasteiger partial charge in [0.2, 0.25) is 0 Å². The molecule has 146 valence electrons. The minimum Gasteiger partial charge on any atom is -0.463 e. The number of nitrogens with zero attached hydrogens (tertiary/aromatic N) is 4. The van der Waals surface area contributed by atoms with Crippen molar-refractivity contribution in [3.8, 4) is 6.01 Å². The fourth-order valence-electron chi connectivity index (χ4n) is 3.45. The van der Waals surface area contributed by atoms with Gasteiger partial charge < -0.3 is 4.74 Å². The fraction of sp³-hybridized carbons (Fsp3) is 0.316. The lowest BCUT2D eigenvalue weighted by molar-refractivity contribution is -0.138. The molecule has 3 aromatic rings. The lowest BCUT2D eigenvalue weighted by Gasteiger charge is -2.16. The van der Waals surface area contributed by atoms with Gasteiger partial charge in [-0.1, -0.05) is 12.1 Å². The van der Waals surface area contributed by atoms with Gasteiger partial charge in [-0.3, -0.25) is 9.56 Å². The van der Waals surface area contributed by atoms with Gasteiger partial charge >= 0.3 is 6.18 Å². The molecule has 5 nitrogen and oxygen atoms in total. The smallest absolute Gasteiger partial charge is 0.416 e. The minimum atomic E-state index is -4.40. The van der Waals surface area contributed by atoms with E-state index in [0.717, 1.165) is 17.0 Å². The molecule has 4 rings (SSSR count). The molecular weight excluding hydrogens is 437 g/mol. The maximum absolute atomic E-state index is 13.2. The second kappa shape index (κ2) is 6.88. The SMILES string of the molecule is Cc1c([C@@H](C)N=c2nc3n(c4cnc(Br)cc24)CCO3)cccc1C(F)(F)F. The van der Waals surface area contributed by atoms with Gasteiger partial charge in [-0.2, -0.15) is 18.2 Å². The number of rotatable bonds is 2. The summed E-state index contributed by atoms with van der Waals surface area (Å²) in [5, 5.41) is 0.757. The second-order valence-electron chi connectivity index (χ2n) is 6.56. The van der Waals surface area contributed by atoms with E-state index in [9.17, 15) is 13.2 Å². The molecule has 0 bridgehead atoms. The maximum Gasteiger partial charge on any atom is 0.416 e. The van der Waals surface area contributed by atoms with E-state index in [4.69, 9.17) is 4.74 Å². The quantitative estimate of drug-likeness (QED) is 0.534. The van der Waals surface area contributed by atoms with Crippen LogP contribution in [0.3, 0.4) is 0 Å². The summed E-state index contributed by atoms with van der Waals surface area (Å²) in [5.41, 5.74) is 1.26. The Morgan fingerprint density at radius 1 is 1.32 bits per heavy atom. The van der Waals surface area contributed by atoms with E-state index in [-0.39, 0.29) is 5.56 Å². The van der Waals surface area contributed by atoms with Crippen LogP contribution in [0.25, 0.3) is 10.9 Å². The summed E-state index contributed by atoms with van der Waals surface area (Å²) in [6.07, 6.45) is -2.70. The Balaban J connectivity index is 1.90. The van der Waals surface area contributed by atoms with E-state index in [1.165, 1.54) is 13.0 Å². The van der Waals surface area contributed by atoms with Crippen molar-refractivity contribution in [1.29, 1.82) is 0 Å². The van der Waals surface area contributed by atoms with Crippen LogP contribution in [-0.2, 0) is 12.7 Å².